The molecular formula is C5H11NOS3. The highest BCUT2D eigenvalue weighted by atomic mass is 32.2. The van der Waals surface area contributed by atoms with Gasteiger partial charge in [-0.25, -0.2) is 0 Å². The Kier molecular flexibility index (Phi) is 6.62. The highest BCUT2D eigenvalue weighted by Crippen LogP contribution is 2.18. The van der Waals surface area contributed by atoms with Crippen molar-refractivity contribution < 1.29 is 5.11 Å². The second-order valence-corrected chi connectivity index (χ2v) is 3.65. The molecule has 0 aliphatic rings. The molecule has 0 aliphatic heterocycles. The molecule has 2 nitrogen and oxygen atoms in total. The van der Waals surface area contributed by atoms with Gasteiger partial charge >= 0.3 is 0 Å². The molecule has 0 amide bonds. The lowest BCUT2D eigenvalue weighted by Crippen LogP contribution is -2.14. The molecule has 10 heavy (non-hydrogen) atoms. The Bertz CT molecular complexity index is 105. The maximum Gasteiger partial charge on any atom is 0.102 e. The van der Waals surface area contributed by atoms with Crippen molar-refractivity contribution in [3.05, 3.63) is 0 Å². The molecule has 0 saturated carbocycles. The third-order valence-corrected chi connectivity index (χ3v) is 3.48. The van der Waals surface area contributed by atoms with Gasteiger partial charge in [0.25, 0.3) is 0 Å². The van der Waals surface area contributed by atoms with Crippen LogP contribution in [0.15, 0.2) is 0 Å². The maximum atomic E-state index is 8.54. The summed E-state index contributed by atoms with van der Waals surface area (Å²) < 4.78 is 1.91. The quantitative estimate of drug-likeness (QED) is 0.544. The Balaban J connectivity index is 3.65. The van der Waals surface area contributed by atoms with Gasteiger partial charge < -0.3 is 5.11 Å². The summed E-state index contributed by atoms with van der Waals surface area (Å²) in [7, 11) is 0. The van der Waals surface area contributed by atoms with E-state index in [0.29, 0.717) is 6.42 Å². The highest BCUT2D eigenvalue weighted by Gasteiger charge is 2.04. The van der Waals surface area contributed by atoms with Gasteiger partial charge in [-0.05, 0) is 23.9 Å². The Morgan fingerprint density at radius 3 is 2.30 bits per heavy atom. The summed E-state index contributed by atoms with van der Waals surface area (Å²) in [5.41, 5.74) is 0. The van der Waals surface area contributed by atoms with Gasteiger partial charge in [-0.15, -0.1) is 0 Å². The zero-order valence-corrected chi connectivity index (χ0v) is 8.48. The summed E-state index contributed by atoms with van der Waals surface area (Å²) in [6, 6.07) is 0. The van der Waals surface area contributed by atoms with Gasteiger partial charge in [-0.2, -0.15) is 0 Å². The van der Waals surface area contributed by atoms with Crippen LogP contribution in [-0.2, 0) is 0 Å². The third kappa shape index (κ3) is 3.65. The van der Waals surface area contributed by atoms with Crippen LogP contribution < -0.4 is 0 Å². The molecule has 60 valence electrons. The normalized spacial score (nSPS) is 9.50. The van der Waals surface area contributed by atoms with E-state index in [1.165, 1.54) is 0 Å². The minimum Gasteiger partial charge on any atom is -0.396 e. The van der Waals surface area contributed by atoms with E-state index in [9.17, 15) is 0 Å². The summed E-state index contributed by atoms with van der Waals surface area (Å²) in [6.07, 6.45) is 4.50. The van der Waals surface area contributed by atoms with Gasteiger partial charge in [-0.1, -0.05) is 12.2 Å². The smallest absolute Gasteiger partial charge is 0.102 e. The average molecular weight is 197 g/mol. The predicted molar refractivity (Wildman–Crippen MR) is 53.2 cm³/mol. The molecule has 0 atom stereocenters. The second-order valence-electron chi connectivity index (χ2n) is 1.49. The second kappa shape index (κ2) is 6.27. The molecule has 0 fully saturated rings. The summed E-state index contributed by atoms with van der Waals surface area (Å²) in [6.45, 7) is 0.135. The van der Waals surface area contributed by atoms with Crippen molar-refractivity contribution in [3.63, 3.8) is 0 Å². The van der Waals surface area contributed by atoms with Gasteiger partial charge in [0.05, 0.1) is 0 Å². The summed E-state index contributed by atoms with van der Waals surface area (Å²) in [4.78, 5) is 0.794. The summed E-state index contributed by atoms with van der Waals surface area (Å²) in [5, 5.41) is 8.54. The first-order valence-electron chi connectivity index (χ1n) is 2.78. The topological polar surface area (TPSA) is 23.5 Å². The van der Waals surface area contributed by atoms with Crippen molar-refractivity contribution in [1.82, 2.24) is 3.71 Å². The molecule has 0 aromatic rings. The van der Waals surface area contributed by atoms with Crippen LogP contribution in [0, 0.1) is 0 Å². The molecule has 0 heterocycles. The van der Waals surface area contributed by atoms with E-state index >= 15 is 0 Å². The zero-order chi connectivity index (χ0) is 7.98. The van der Waals surface area contributed by atoms with Crippen molar-refractivity contribution in [3.8, 4) is 0 Å². The van der Waals surface area contributed by atoms with E-state index in [-0.39, 0.29) is 6.61 Å². The molecular weight excluding hydrogens is 186 g/mol. The molecule has 0 spiro atoms. The van der Waals surface area contributed by atoms with Crippen molar-refractivity contribution >= 4 is 41.1 Å². The molecule has 1 N–H and O–H groups in total. The number of hydrogen-bond acceptors (Lipinski definition) is 4. The molecule has 0 bridgehead atoms. The van der Waals surface area contributed by atoms with Gasteiger partial charge in [0.2, 0.25) is 0 Å². The van der Waals surface area contributed by atoms with Gasteiger partial charge in [0, 0.05) is 25.5 Å². The fourth-order valence-corrected chi connectivity index (χ4v) is 2.19. The fraction of sp³-hybridized carbons (Fsp3) is 0.800. The standard InChI is InChI=1S/C5H11NOS3/c1-9-6(10-2)5(8)3-4-7/h7H,3-4H2,1-2H3. The van der Waals surface area contributed by atoms with Gasteiger partial charge in [-0.3, -0.25) is 3.71 Å². The minimum absolute atomic E-state index is 0.135. The highest BCUT2D eigenvalue weighted by molar-refractivity contribution is 8.13. The Labute approximate surface area is 75.6 Å². The van der Waals surface area contributed by atoms with Crippen LogP contribution in [-0.4, -0.2) is 32.9 Å². The van der Waals surface area contributed by atoms with E-state index in [2.05, 4.69) is 0 Å². The number of hydrogen-bond donors (Lipinski definition) is 1. The minimum atomic E-state index is 0.135. The maximum absolute atomic E-state index is 8.54. The molecule has 0 unspecified atom stereocenters. The number of rotatable bonds is 4. The summed E-state index contributed by atoms with van der Waals surface area (Å²) >= 11 is 8.12. The van der Waals surface area contributed by atoms with E-state index in [0.717, 1.165) is 4.99 Å². The van der Waals surface area contributed by atoms with Gasteiger partial charge in [0.1, 0.15) is 4.99 Å². The fourth-order valence-electron chi connectivity index (χ4n) is 0.465. The monoisotopic (exact) mass is 197 g/mol. The first-order valence-corrected chi connectivity index (χ1v) is 5.55. The molecule has 0 rings (SSSR count). The first-order chi connectivity index (χ1) is 4.76. The van der Waals surface area contributed by atoms with Crippen LogP contribution >= 0.6 is 36.1 Å². The van der Waals surface area contributed by atoms with E-state index in [4.69, 9.17) is 17.3 Å². The lowest BCUT2D eigenvalue weighted by molar-refractivity contribution is 0.306. The van der Waals surface area contributed by atoms with Crippen LogP contribution in [0.25, 0.3) is 0 Å². The van der Waals surface area contributed by atoms with E-state index in [1.807, 2.05) is 16.2 Å². The van der Waals surface area contributed by atoms with Crippen molar-refractivity contribution in [2.75, 3.05) is 19.1 Å². The first kappa shape index (κ1) is 10.6. The van der Waals surface area contributed by atoms with E-state index in [1.54, 1.807) is 23.9 Å². The number of nitrogens with zero attached hydrogens (tertiary/aromatic N) is 1. The molecule has 0 aromatic carbocycles. The Morgan fingerprint density at radius 2 is 2.00 bits per heavy atom. The Hall–Kier alpha value is 0.550. The van der Waals surface area contributed by atoms with E-state index < -0.39 is 0 Å². The SMILES string of the molecule is CSN(SC)C(=S)CCO. The lowest BCUT2D eigenvalue weighted by Gasteiger charge is -2.17. The third-order valence-electron chi connectivity index (χ3n) is 0.861. The zero-order valence-electron chi connectivity index (χ0n) is 6.03. The van der Waals surface area contributed by atoms with Crippen LogP contribution in [0.3, 0.4) is 0 Å². The predicted octanol–water partition coefficient (Wildman–Crippen LogP) is 1.55. The number of thiocarbonyl (C=S) groups is 1. The van der Waals surface area contributed by atoms with Crippen LogP contribution in [0.1, 0.15) is 6.42 Å². The number of aliphatic hydroxyl groups is 1. The Morgan fingerprint density at radius 1 is 1.50 bits per heavy atom. The molecule has 0 aliphatic carbocycles. The summed E-state index contributed by atoms with van der Waals surface area (Å²) in [5.74, 6) is 0. The van der Waals surface area contributed by atoms with Crippen molar-refractivity contribution in [1.29, 1.82) is 0 Å². The molecule has 5 heteroatoms. The number of aliphatic hydroxyl groups excluding tert-OH is 1. The van der Waals surface area contributed by atoms with Gasteiger partial charge in [0.15, 0.2) is 0 Å². The largest absolute Gasteiger partial charge is 0.396 e. The average Bonchev–Trinajstić information content (AvgIpc) is 1.91. The molecule has 0 radical (unpaired) electrons. The molecule has 0 aromatic heterocycles. The molecule has 0 saturated heterocycles. The van der Waals surface area contributed by atoms with Crippen LogP contribution in [0.4, 0.5) is 0 Å². The van der Waals surface area contributed by atoms with Crippen molar-refractivity contribution in [2.45, 2.75) is 6.42 Å². The lowest BCUT2D eigenvalue weighted by atomic mass is 10.5. The van der Waals surface area contributed by atoms with Crippen molar-refractivity contribution in [2.24, 2.45) is 0 Å². The van der Waals surface area contributed by atoms with Crippen LogP contribution in [0.5, 0.6) is 0 Å². The van der Waals surface area contributed by atoms with Crippen LogP contribution in [0.2, 0.25) is 0 Å².